The number of rotatable bonds is 6. The number of nitrogens with one attached hydrogen (secondary N) is 2. The summed E-state index contributed by atoms with van der Waals surface area (Å²) in [6, 6.07) is 18.2. The van der Waals surface area contributed by atoms with Crippen molar-refractivity contribution in [2.45, 2.75) is 24.7 Å². The Morgan fingerprint density at radius 1 is 0.897 bits per heavy atom. The van der Waals surface area contributed by atoms with Crippen LogP contribution in [0.3, 0.4) is 0 Å². The summed E-state index contributed by atoms with van der Waals surface area (Å²) in [5, 5.41) is 2.89. The molecule has 0 saturated heterocycles. The number of hydrogen-bond donors (Lipinski definition) is 2. The number of halogens is 1. The van der Waals surface area contributed by atoms with Crippen molar-refractivity contribution in [3.05, 3.63) is 89.7 Å². The molecule has 0 radical (unpaired) electrons. The zero-order valence-corrected chi connectivity index (χ0v) is 16.8. The largest absolute Gasteiger partial charge is 0.322 e. The van der Waals surface area contributed by atoms with E-state index in [0.717, 1.165) is 23.4 Å². The molecule has 0 spiro atoms. The van der Waals surface area contributed by atoms with Gasteiger partial charge in [0.25, 0.3) is 15.9 Å². The molecule has 0 heterocycles. The third-order valence-electron chi connectivity index (χ3n) is 4.35. The van der Waals surface area contributed by atoms with Crippen molar-refractivity contribution >= 4 is 27.3 Å². The number of carbonyl (C=O) groups excluding carboxylic acids is 1. The smallest absolute Gasteiger partial charge is 0.261 e. The Hall–Kier alpha value is -3.19. The van der Waals surface area contributed by atoms with Gasteiger partial charge in [0.1, 0.15) is 5.82 Å². The van der Waals surface area contributed by atoms with E-state index in [1.807, 2.05) is 38.1 Å². The minimum atomic E-state index is -3.84. The zero-order chi connectivity index (χ0) is 21.0. The lowest BCUT2D eigenvalue weighted by molar-refractivity contribution is 0.102. The molecule has 2 N–H and O–H groups in total. The van der Waals surface area contributed by atoms with Gasteiger partial charge in [0, 0.05) is 16.9 Å². The van der Waals surface area contributed by atoms with Crippen LogP contribution in [0.15, 0.2) is 77.7 Å². The maximum Gasteiger partial charge on any atom is 0.261 e. The molecule has 29 heavy (non-hydrogen) atoms. The van der Waals surface area contributed by atoms with Gasteiger partial charge in [-0.05, 0) is 66.1 Å². The monoisotopic (exact) mass is 412 g/mol. The maximum atomic E-state index is 13.0. The number of carbonyl (C=O) groups is 1. The Bertz CT molecular complexity index is 1110. The molecule has 5 nitrogen and oxygen atoms in total. The first-order valence-electron chi connectivity index (χ1n) is 9.05. The third-order valence-corrected chi connectivity index (χ3v) is 5.75. The van der Waals surface area contributed by atoms with Crippen LogP contribution in [0.2, 0.25) is 0 Å². The van der Waals surface area contributed by atoms with Gasteiger partial charge in [-0.25, -0.2) is 12.8 Å². The molecule has 0 aliphatic rings. The standard InChI is InChI=1S/C22H21FN2O3S/c1-15(2)20-5-3-4-6-21(20)24-22(26)16-7-11-18(12-8-16)25-29(27,28)19-13-9-17(23)10-14-19/h3-15,25H,1-2H3,(H,24,26). The van der Waals surface area contributed by atoms with Crippen molar-refractivity contribution in [2.75, 3.05) is 10.0 Å². The van der Waals surface area contributed by atoms with Crippen molar-refractivity contribution in [3.8, 4) is 0 Å². The lowest BCUT2D eigenvalue weighted by Crippen LogP contribution is -2.15. The number of hydrogen-bond acceptors (Lipinski definition) is 3. The van der Waals surface area contributed by atoms with Gasteiger partial charge < -0.3 is 5.32 Å². The quantitative estimate of drug-likeness (QED) is 0.598. The normalized spacial score (nSPS) is 11.3. The van der Waals surface area contributed by atoms with E-state index in [9.17, 15) is 17.6 Å². The molecule has 1 amide bonds. The molecule has 0 fully saturated rings. The van der Waals surface area contributed by atoms with Gasteiger partial charge in [-0.1, -0.05) is 32.0 Å². The van der Waals surface area contributed by atoms with E-state index >= 15 is 0 Å². The van der Waals surface area contributed by atoms with Crippen LogP contribution < -0.4 is 10.0 Å². The average molecular weight is 412 g/mol. The lowest BCUT2D eigenvalue weighted by Gasteiger charge is -2.14. The molecule has 7 heteroatoms. The van der Waals surface area contributed by atoms with E-state index in [0.29, 0.717) is 11.3 Å². The number of sulfonamides is 1. The van der Waals surface area contributed by atoms with Crippen LogP contribution in [0.1, 0.15) is 35.7 Å². The van der Waals surface area contributed by atoms with E-state index in [4.69, 9.17) is 0 Å². The minimum Gasteiger partial charge on any atom is -0.322 e. The summed E-state index contributed by atoms with van der Waals surface area (Å²) >= 11 is 0. The number of para-hydroxylation sites is 1. The minimum absolute atomic E-state index is 0.0500. The van der Waals surface area contributed by atoms with Crippen LogP contribution in [-0.4, -0.2) is 14.3 Å². The van der Waals surface area contributed by atoms with Gasteiger partial charge >= 0.3 is 0 Å². The molecule has 0 unspecified atom stereocenters. The Morgan fingerprint density at radius 3 is 2.14 bits per heavy atom. The average Bonchev–Trinajstić information content (AvgIpc) is 2.69. The van der Waals surface area contributed by atoms with Gasteiger partial charge in [0.15, 0.2) is 0 Å². The number of amides is 1. The molecule has 3 rings (SSSR count). The molecule has 0 bridgehead atoms. The molecule has 0 aliphatic heterocycles. The summed E-state index contributed by atoms with van der Waals surface area (Å²) < 4.78 is 40.1. The van der Waals surface area contributed by atoms with Crippen molar-refractivity contribution in [1.29, 1.82) is 0 Å². The first kappa shape index (κ1) is 20.5. The predicted octanol–water partition coefficient (Wildman–Crippen LogP) is 5.00. The van der Waals surface area contributed by atoms with Crippen molar-refractivity contribution < 1.29 is 17.6 Å². The number of benzene rings is 3. The molecular weight excluding hydrogens is 391 g/mol. The summed E-state index contributed by atoms with van der Waals surface area (Å²) in [5.74, 6) is -0.542. The Kier molecular flexibility index (Phi) is 5.98. The second-order valence-corrected chi connectivity index (χ2v) is 8.52. The van der Waals surface area contributed by atoms with Crippen molar-refractivity contribution in [3.63, 3.8) is 0 Å². The lowest BCUT2D eigenvalue weighted by atomic mass is 10.0. The molecule has 0 saturated carbocycles. The Balaban J connectivity index is 1.73. The molecule has 150 valence electrons. The fourth-order valence-corrected chi connectivity index (χ4v) is 3.88. The summed E-state index contributed by atoms with van der Waals surface area (Å²) in [6.45, 7) is 4.10. The van der Waals surface area contributed by atoms with Gasteiger partial charge in [-0.3, -0.25) is 9.52 Å². The molecule has 3 aromatic rings. The summed E-state index contributed by atoms with van der Waals surface area (Å²) in [6.07, 6.45) is 0. The molecule has 0 aromatic heterocycles. The molecule has 0 aliphatic carbocycles. The first-order chi connectivity index (χ1) is 13.8. The van der Waals surface area contributed by atoms with Crippen LogP contribution in [0.5, 0.6) is 0 Å². The Labute approximate surface area is 169 Å². The highest BCUT2D eigenvalue weighted by molar-refractivity contribution is 7.92. The van der Waals surface area contributed by atoms with E-state index in [2.05, 4.69) is 10.0 Å². The highest BCUT2D eigenvalue weighted by Gasteiger charge is 2.15. The van der Waals surface area contributed by atoms with Crippen LogP contribution in [-0.2, 0) is 10.0 Å². The predicted molar refractivity (Wildman–Crippen MR) is 112 cm³/mol. The SMILES string of the molecule is CC(C)c1ccccc1NC(=O)c1ccc(NS(=O)(=O)c2ccc(F)cc2)cc1. The first-order valence-corrected chi connectivity index (χ1v) is 10.5. The number of anilines is 2. The zero-order valence-electron chi connectivity index (χ0n) is 16.0. The van der Waals surface area contributed by atoms with E-state index in [-0.39, 0.29) is 16.7 Å². The van der Waals surface area contributed by atoms with Crippen molar-refractivity contribution in [2.24, 2.45) is 0 Å². The van der Waals surface area contributed by atoms with Crippen LogP contribution >= 0.6 is 0 Å². The molecular formula is C22H21FN2O3S. The van der Waals surface area contributed by atoms with Crippen LogP contribution in [0.4, 0.5) is 15.8 Å². The van der Waals surface area contributed by atoms with E-state index in [1.165, 1.54) is 36.4 Å². The van der Waals surface area contributed by atoms with E-state index in [1.54, 1.807) is 0 Å². The fraction of sp³-hybridized carbons (Fsp3) is 0.136. The third kappa shape index (κ3) is 5.00. The van der Waals surface area contributed by atoms with Crippen LogP contribution in [0.25, 0.3) is 0 Å². The van der Waals surface area contributed by atoms with Crippen molar-refractivity contribution in [1.82, 2.24) is 0 Å². The van der Waals surface area contributed by atoms with Gasteiger partial charge in [0.05, 0.1) is 4.90 Å². The van der Waals surface area contributed by atoms with Crippen LogP contribution in [0, 0.1) is 5.82 Å². The Morgan fingerprint density at radius 2 is 1.52 bits per heavy atom. The highest BCUT2D eigenvalue weighted by Crippen LogP contribution is 2.24. The highest BCUT2D eigenvalue weighted by atomic mass is 32.2. The maximum absolute atomic E-state index is 13.0. The van der Waals surface area contributed by atoms with Gasteiger partial charge in [-0.15, -0.1) is 0 Å². The summed E-state index contributed by atoms with van der Waals surface area (Å²) in [4.78, 5) is 12.5. The fourth-order valence-electron chi connectivity index (χ4n) is 2.83. The van der Waals surface area contributed by atoms with Gasteiger partial charge in [0.2, 0.25) is 0 Å². The molecule has 0 atom stereocenters. The second-order valence-electron chi connectivity index (χ2n) is 6.83. The summed E-state index contributed by atoms with van der Waals surface area (Å²) in [7, 11) is -3.84. The topological polar surface area (TPSA) is 75.3 Å². The summed E-state index contributed by atoms with van der Waals surface area (Å²) in [5.41, 5.74) is 2.47. The molecule has 3 aromatic carbocycles. The van der Waals surface area contributed by atoms with E-state index < -0.39 is 15.8 Å². The van der Waals surface area contributed by atoms with Gasteiger partial charge in [-0.2, -0.15) is 0 Å². The second kappa shape index (κ2) is 8.45.